The standard InChI is InChI=1S/C22H29NO4S/c1-15-12-18(22(3,4)5)13-16(2)20(15)14-27-21(24)17-8-10-19(11-9-17)28(25,26)23(6)7/h8-13H,14H2,1-7H3. The monoisotopic (exact) mass is 403 g/mol. The molecule has 0 aromatic heterocycles. The first-order chi connectivity index (χ1) is 12.8. The lowest BCUT2D eigenvalue weighted by molar-refractivity contribution is 0.0471. The van der Waals surface area contributed by atoms with Crippen molar-refractivity contribution in [1.82, 2.24) is 4.31 Å². The second-order valence-electron chi connectivity index (χ2n) is 8.23. The Hall–Kier alpha value is -2.18. The van der Waals surface area contributed by atoms with Gasteiger partial charge in [-0.15, -0.1) is 0 Å². The van der Waals surface area contributed by atoms with Gasteiger partial charge in [0.1, 0.15) is 6.61 Å². The van der Waals surface area contributed by atoms with Crippen molar-refractivity contribution in [3.8, 4) is 0 Å². The first-order valence-electron chi connectivity index (χ1n) is 9.14. The Kier molecular flexibility index (Phi) is 6.36. The summed E-state index contributed by atoms with van der Waals surface area (Å²) in [5.41, 5.74) is 4.79. The Morgan fingerprint density at radius 1 is 1.00 bits per heavy atom. The van der Waals surface area contributed by atoms with Gasteiger partial charge in [0.25, 0.3) is 0 Å². The summed E-state index contributed by atoms with van der Waals surface area (Å²) in [5.74, 6) is -0.479. The predicted molar refractivity (Wildman–Crippen MR) is 111 cm³/mol. The van der Waals surface area contributed by atoms with Crippen LogP contribution in [0.5, 0.6) is 0 Å². The van der Waals surface area contributed by atoms with E-state index in [2.05, 4.69) is 32.9 Å². The summed E-state index contributed by atoms with van der Waals surface area (Å²) in [7, 11) is -0.590. The molecule has 0 heterocycles. The van der Waals surface area contributed by atoms with Gasteiger partial charge in [-0.25, -0.2) is 17.5 Å². The number of nitrogens with zero attached hydrogens (tertiary/aromatic N) is 1. The van der Waals surface area contributed by atoms with Crippen molar-refractivity contribution in [2.45, 2.75) is 51.5 Å². The molecule has 0 aliphatic rings. The molecule has 0 amide bonds. The van der Waals surface area contributed by atoms with Crippen LogP contribution in [0.3, 0.4) is 0 Å². The van der Waals surface area contributed by atoms with E-state index in [9.17, 15) is 13.2 Å². The number of ether oxygens (including phenoxy) is 1. The molecular formula is C22H29NO4S. The number of carbonyl (C=O) groups excluding carboxylic acids is 1. The molecular weight excluding hydrogens is 374 g/mol. The Labute approximate surface area is 168 Å². The zero-order valence-corrected chi connectivity index (χ0v) is 18.5. The molecule has 0 atom stereocenters. The number of hydrogen-bond donors (Lipinski definition) is 0. The van der Waals surface area contributed by atoms with Gasteiger partial charge in [0.05, 0.1) is 10.5 Å². The second kappa shape index (κ2) is 8.05. The molecule has 0 bridgehead atoms. The number of carbonyl (C=O) groups is 1. The van der Waals surface area contributed by atoms with Crippen molar-refractivity contribution in [2.24, 2.45) is 0 Å². The van der Waals surface area contributed by atoms with E-state index in [1.54, 1.807) is 0 Å². The summed E-state index contributed by atoms with van der Waals surface area (Å²) >= 11 is 0. The van der Waals surface area contributed by atoms with E-state index >= 15 is 0 Å². The number of esters is 1. The average Bonchev–Trinajstić information content (AvgIpc) is 2.59. The van der Waals surface area contributed by atoms with Crippen LogP contribution in [0.25, 0.3) is 0 Å². The van der Waals surface area contributed by atoms with Crippen LogP contribution < -0.4 is 0 Å². The van der Waals surface area contributed by atoms with Gasteiger partial charge < -0.3 is 4.74 Å². The van der Waals surface area contributed by atoms with Gasteiger partial charge in [0.15, 0.2) is 0 Å². The van der Waals surface area contributed by atoms with Crippen molar-refractivity contribution < 1.29 is 17.9 Å². The van der Waals surface area contributed by atoms with Crippen molar-refractivity contribution in [1.29, 1.82) is 0 Å². The topological polar surface area (TPSA) is 63.7 Å². The SMILES string of the molecule is Cc1cc(C(C)(C)C)cc(C)c1COC(=O)c1ccc(S(=O)(=O)N(C)C)cc1. The molecule has 0 aliphatic carbocycles. The Morgan fingerprint density at radius 3 is 1.93 bits per heavy atom. The van der Waals surface area contributed by atoms with Gasteiger partial charge in [0, 0.05) is 14.1 Å². The molecule has 2 rings (SSSR count). The van der Waals surface area contributed by atoms with E-state index in [1.165, 1.54) is 43.9 Å². The molecule has 0 radical (unpaired) electrons. The third kappa shape index (κ3) is 4.80. The zero-order chi connectivity index (χ0) is 21.3. The molecule has 0 saturated carbocycles. The van der Waals surface area contributed by atoms with Crippen LogP contribution in [0.15, 0.2) is 41.3 Å². The quantitative estimate of drug-likeness (QED) is 0.702. The number of aryl methyl sites for hydroxylation is 2. The fourth-order valence-corrected chi connectivity index (χ4v) is 3.75. The largest absolute Gasteiger partial charge is 0.457 e. The highest BCUT2D eigenvalue weighted by Crippen LogP contribution is 2.27. The predicted octanol–water partition coefficient (Wildman–Crippen LogP) is 4.21. The third-order valence-electron chi connectivity index (χ3n) is 4.78. The maximum atomic E-state index is 12.4. The molecule has 0 saturated heterocycles. The van der Waals surface area contributed by atoms with Crippen molar-refractivity contribution in [2.75, 3.05) is 14.1 Å². The Bertz CT molecular complexity index is 946. The maximum Gasteiger partial charge on any atom is 0.338 e. The van der Waals surface area contributed by atoms with Crippen LogP contribution >= 0.6 is 0 Å². The Morgan fingerprint density at radius 2 is 1.50 bits per heavy atom. The third-order valence-corrected chi connectivity index (χ3v) is 6.61. The Balaban J connectivity index is 2.15. The van der Waals surface area contributed by atoms with E-state index in [0.717, 1.165) is 21.0 Å². The van der Waals surface area contributed by atoms with Crippen LogP contribution in [0.2, 0.25) is 0 Å². The molecule has 2 aromatic carbocycles. The highest BCUT2D eigenvalue weighted by atomic mass is 32.2. The molecule has 0 unspecified atom stereocenters. The van der Waals surface area contributed by atoms with Crippen LogP contribution in [0, 0.1) is 13.8 Å². The minimum atomic E-state index is -3.52. The molecule has 2 aromatic rings. The van der Waals surface area contributed by atoms with Crippen molar-refractivity contribution in [3.63, 3.8) is 0 Å². The number of hydrogen-bond acceptors (Lipinski definition) is 4. The summed E-state index contributed by atoms with van der Waals surface area (Å²) < 4.78 is 30.8. The van der Waals surface area contributed by atoms with Gasteiger partial charge in [-0.2, -0.15) is 0 Å². The van der Waals surface area contributed by atoms with E-state index in [4.69, 9.17) is 4.74 Å². The van der Waals surface area contributed by atoms with Gasteiger partial charge in [0.2, 0.25) is 10.0 Å². The second-order valence-corrected chi connectivity index (χ2v) is 10.4. The first kappa shape index (κ1) is 22.1. The molecule has 0 aliphatic heterocycles. The van der Waals surface area contributed by atoms with Crippen LogP contribution in [0.4, 0.5) is 0 Å². The van der Waals surface area contributed by atoms with Gasteiger partial charge >= 0.3 is 5.97 Å². The van der Waals surface area contributed by atoms with E-state index < -0.39 is 16.0 Å². The number of rotatable bonds is 5. The maximum absolute atomic E-state index is 12.4. The van der Waals surface area contributed by atoms with Crippen molar-refractivity contribution >= 4 is 16.0 Å². The van der Waals surface area contributed by atoms with Gasteiger partial charge in [-0.3, -0.25) is 0 Å². The molecule has 0 spiro atoms. The van der Waals surface area contributed by atoms with E-state index in [-0.39, 0.29) is 16.9 Å². The summed E-state index contributed by atoms with van der Waals surface area (Å²) in [6, 6.07) is 10.1. The average molecular weight is 404 g/mol. The minimum absolute atomic E-state index is 0.0549. The lowest BCUT2D eigenvalue weighted by Gasteiger charge is -2.22. The highest BCUT2D eigenvalue weighted by molar-refractivity contribution is 7.89. The van der Waals surface area contributed by atoms with E-state index in [1.807, 2.05) is 13.8 Å². The minimum Gasteiger partial charge on any atom is -0.457 e. The van der Waals surface area contributed by atoms with Crippen molar-refractivity contribution in [3.05, 3.63) is 64.2 Å². The fraction of sp³-hybridized carbons (Fsp3) is 0.409. The summed E-state index contributed by atoms with van der Waals surface area (Å²) in [4.78, 5) is 12.5. The van der Waals surface area contributed by atoms with Gasteiger partial charge in [-0.05, 0) is 65.8 Å². The lowest BCUT2D eigenvalue weighted by atomic mass is 9.84. The highest BCUT2D eigenvalue weighted by Gasteiger charge is 2.19. The normalized spacial score (nSPS) is 12.3. The smallest absolute Gasteiger partial charge is 0.338 e. The fourth-order valence-electron chi connectivity index (χ4n) is 2.85. The molecule has 6 heteroatoms. The number of benzene rings is 2. The first-order valence-corrected chi connectivity index (χ1v) is 10.6. The van der Waals surface area contributed by atoms with Crippen LogP contribution in [-0.4, -0.2) is 32.8 Å². The lowest BCUT2D eigenvalue weighted by Crippen LogP contribution is -2.22. The molecule has 28 heavy (non-hydrogen) atoms. The summed E-state index contributed by atoms with van der Waals surface area (Å²) in [6.45, 7) is 10.7. The zero-order valence-electron chi connectivity index (χ0n) is 17.7. The number of sulfonamides is 1. The van der Waals surface area contributed by atoms with Crippen LogP contribution in [-0.2, 0) is 26.8 Å². The van der Waals surface area contributed by atoms with Gasteiger partial charge in [-0.1, -0.05) is 32.9 Å². The molecule has 0 fully saturated rings. The molecule has 152 valence electrons. The molecule has 0 N–H and O–H groups in total. The molecule has 5 nitrogen and oxygen atoms in total. The van der Waals surface area contributed by atoms with E-state index in [0.29, 0.717) is 5.56 Å². The van der Waals surface area contributed by atoms with Crippen LogP contribution in [0.1, 0.15) is 53.4 Å². The summed E-state index contributed by atoms with van der Waals surface area (Å²) in [5, 5.41) is 0. The summed E-state index contributed by atoms with van der Waals surface area (Å²) in [6.07, 6.45) is 0.